The molecule has 1 unspecified atom stereocenters. The number of likely N-dealkylation sites (tertiary alicyclic amines) is 1. The molecule has 112 valence electrons. The number of ether oxygens (including phenoxy) is 1. The average molecular weight is 287 g/mol. The highest BCUT2D eigenvalue weighted by Crippen LogP contribution is 2.32. The van der Waals surface area contributed by atoms with E-state index >= 15 is 0 Å². The van der Waals surface area contributed by atoms with Gasteiger partial charge in [0, 0.05) is 24.4 Å². The molecule has 0 spiro atoms. The van der Waals surface area contributed by atoms with Crippen LogP contribution in [0.1, 0.15) is 38.7 Å². The number of H-pyrrole nitrogens is 1. The number of benzene rings is 1. The number of rotatable bonds is 1. The first-order valence-corrected chi connectivity index (χ1v) is 7.34. The van der Waals surface area contributed by atoms with Crippen LogP contribution in [-0.2, 0) is 4.74 Å². The number of aromatic nitrogens is 2. The zero-order valence-electron chi connectivity index (χ0n) is 12.7. The maximum absolute atomic E-state index is 12.1. The fourth-order valence-electron chi connectivity index (χ4n) is 2.85. The maximum Gasteiger partial charge on any atom is 0.410 e. The summed E-state index contributed by atoms with van der Waals surface area (Å²) in [7, 11) is 0. The molecule has 5 nitrogen and oxygen atoms in total. The number of hydrogen-bond donors (Lipinski definition) is 1. The van der Waals surface area contributed by atoms with Crippen LogP contribution in [-0.4, -0.2) is 39.9 Å². The number of carbonyl (C=O) groups excluding carboxylic acids is 1. The van der Waals surface area contributed by atoms with Crippen molar-refractivity contribution in [3.8, 4) is 0 Å². The molecule has 2 aromatic rings. The van der Waals surface area contributed by atoms with Gasteiger partial charge in [0.15, 0.2) is 0 Å². The highest BCUT2D eigenvalue weighted by atomic mass is 16.6. The van der Waals surface area contributed by atoms with Gasteiger partial charge in [-0.1, -0.05) is 12.1 Å². The topological polar surface area (TPSA) is 58.2 Å². The third kappa shape index (κ3) is 2.86. The lowest BCUT2D eigenvalue weighted by atomic mass is 9.95. The minimum Gasteiger partial charge on any atom is -0.444 e. The van der Waals surface area contributed by atoms with Gasteiger partial charge in [0.2, 0.25) is 0 Å². The Morgan fingerprint density at radius 3 is 3.00 bits per heavy atom. The Bertz CT molecular complexity index is 657. The Morgan fingerprint density at radius 1 is 1.43 bits per heavy atom. The summed E-state index contributed by atoms with van der Waals surface area (Å²) in [6.07, 6.45) is 2.61. The van der Waals surface area contributed by atoms with Crippen LogP contribution in [0.3, 0.4) is 0 Å². The van der Waals surface area contributed by atoms with Gasteiger partial charge in [0.05, 0.1) is 11.7 Å². The van der Waals surface area contributed by atoms with Gasteiger partial charge in [0.25, 0.3) is 0 Å². The lowest BCUT2D eigenvalue weighted by Gasteiger charge is -2.24. The van der Waals surface area contributed by atoms with Gasteiger partial charge >= 0.3 is 6.09 Å². The predicted molar refractivity (Wildman–Crippen MR) is 81.3 cm³/mol. The number of nitrogens with one attached hydrogen (secondary N) is 1. The lowest BCUT2D eigenvalue weighted by molar-refractivity contribution is 0.0292. The van der Waals surface area contributed by atoms with Crippen LogP contribution in [0, 0.1) is 0 Å². The number of fused-ring (bicyclic) bond motifs is 1. The summed E-state index contributed by atoms with van der Waals surface area (Å²) in [5.74, 6) is 0.346. The Balaban J connectivity index is 1.75. The molecule has 1 N–H and O–H groups in total. The Kier molecular flexibility index (Phi) is 3.35. The smallest absolute Gasteiger partial charge is 0.410 e. The second-order valence-electron chi connectivity index (χ2n) is 6.59. The Morgan fingerprint density at radius 2 is 2.24 bits per heavy atom. The molecule has 5 heteroatoms. The molecule has 1 amide bonds. The molecular formula is C16H21N3O2. The van der Waals surface area contributed by atoms with E-state index in [0.29, 0.717) is 12.5 Å². The molecule has 1 aliphatic heterocycles. The molecule has 0 bridgehead atoms. The first-order valence-electron chi connectivity index (χ1n) is 7.34. The molecule has 21 heavy (non-hydrogen) atoms. The molecular weight excluding hydrogens is 266 g/mol. The fraction of sp³-hybridized carbons (Fsp3) is 0.500. The number of hydrogen-bond acceptors (Lipinski definition) is 3. The molecule has 0 aliphatic carbocycles. The van der Waals surface area contributed by atoms with Gasteiger partial charge in [-0.2, -0.15) is 5.10 Å². The molecule has 1 atom stereocenters. The standard InChI is InChI=1S/C16H21N3O2/c1-16(2,3)21-15(20)19-8-7-11(10-19)12-5-4-6-14-13(12)9-17-18-14/h4-6,9,11H,7-8,10H2,1-3H3,(H,17,18). The highest BCUT2D eigenvalue weighted by Gasteiger charge is 2.31. The van der Waals surface area contributed by atoms with E-state index in [2.05, 4.69) is 16.3 Å². The SMILES string of the molecule is CC(C)(C)OC(=O)N1CCC(c2cccc3[nH]ncc23)C1. The quantitative estimate of drug-likeness (QED) is 0.875. The highest BCUT2D eigenvalue weighted by molar-refractivity contribution is 5.82. The molecule has 1 aliphatic rings. The van der Waals surface area contributed by atoms with Crippen molar-refractivity contribution >= 4 is 17.0 Å². The predicted octanol–water partition coefficient (Wildman–Crippen LogP) is 3.29. The molecule has 2 heterocycles. The number of aromatic amines is 1. The van der Waals surface area contributed by atoms with E-state index in [0.717, 1.165) is 23.9 Å². The second-order valence-corrected chi connectivity index (χ2v) is 6.59. The molecule has 0 saturated carbocycles. The van der Waals surface area contributed by atoms with Crippen molar-refractivity contribution < 1.29 is 9.53 Å². The third-order valence-corrected chi connectivity index (χ3v) is 3.80. The summed E-state index contributed by atoms with van der Waals surface area (Å²) in [6, 6.07) is 6.18. The van der Waals surface area contributed by atoms with Crippen molar-refractivity contribution in [1.82, 2.24) is 15.1 Å². The lowest BCUT2D eigenvalue weighted by Crippen LogP contribution is -2.35. The Labute approximate surface area is 124 Å². The summed E-state index contributed by atoms with van der Waals surface area (Å²) >= 11 is 0. The average Bonchev–Trinajstić information content (AvgIpc) is 3.05. The summed E-state index contributed by atoms with van der Waals surface area (Å²) in [5, 5.41) is 8.25. The van der Waals surface area contributed by atoms with Gasteiger partial charge in [-0.25, -0.2) is 4.79 Å². The summed E-state index contributed by atoms with van der Waals surface area (Å²) in [5.41, 5.74) is 1.86. The van der Waals surface area contributed by atoms with E-state index in [1.165, 1.54) is 5.56 Å². The van der Waals surface area contributed by atoms with Crippen LogP contribution >= 0.6 is 0 Å². The van der Waals surface area contributed by atoms with E-state index in [4.69, 9.17) is 4.74 Å². The number of amides is 1. The van der Waals surface area contributed by atoms with Crippen molar-refractivity contribution in [2.24, 2.45) is 0 Å². The van der Waals surface area contributed by atoms with Crippen LogP contribution in [0.25, 0.3) is 10.9 Å². The van der Waals surface area contributed by atoms with Crippen molar-refractivity contribution in [1.29, 1.82) is 0 Å². The summed E-state index contributed by atoms with van der Waals surface area (Å²) < 4.78 is 5.45. The van der Waals surface area contributed by atoms with Crippen molar-refractivity contribution in [2.75, 3.05) is 13.1 Å². The molecule has 1 aromatic heterocycles. The minimum atomic E-state index is -0.445. The van der Waals surface area contributed by atoms with Crippen LogP contribution in [0.15, 0.2) is 24.4 Å². The van der Waals surface area contributed by atoms with E-state index in [1.54, 1.807) is 4.90 Å². The minimum absolute atomic E-state index is 0.218. The molecule has 1 aromatic carbocycles. The monoisotopic (exact) mass is 287 g/mol. The van der Waals surface area contributed by atoms with Crippen LogP contribution in [0.5, 0.6) is 0 Å². The molecule has 3 rings (SSSR count). The van der Waals surface area contributed by atoms with Crippen molar-refractivity contribution in [3.05, 3.63) is 30.0 Å². The zero-order chi connectivity index (χ0) is 15.0. The first-order chi connectivity index (χ1) is 9.94. The van der Waals surface area contributed by atoms with Gasteiger partial charge < -0.3 is 9.64 Å². The second kappa shape index (κ2) is 5.06. The largest absolute Gasteiger partial charge is 0.444 e. The Hall–Kier alpha value is -2.04. The van der Waals surface area contributed by atoms with Crippen molar-refractivity contribution in [3.63, 3.8) is 0 Å². The van der Waals surface area contributed by atoms with E-state index in [1.807, 2.05) is 39.1 Å². The van der Waals surface area contributed by atoms with Gasteiger partial charge in [0.1, 0.15) is 5.60 Å². The summed E-state index contributed by atoms with van der Waals surface area (Å²) in [6.45, 7) is 7.13. The molecule has 1 fully saturated rings. The van der Waals surface area contributed by atoms with Gasteiger partial charge in [-0.3, -0.25) is 5.10 Å². The zero-order valence-corrected chi connectivity index (χ0v) is 12.7. The number of carbonyl (C=O) groups is 1. The van der Waals surface area contributed by atoms with Gasteiger partial charge in [-0.05, 0) is 38.8 Å². The van der Waals surface area contributed by atoms with Crippen LogP contribution < -0.4 is 0 Å². The first kappa shape index (κ1) is 13.9. The normalized spacial score (nSPS) is 19.2. The fourth-order valence-corrected chi connectivity index (χ4v) is 2.85. The number of nitrogens with zero attached hydrogens (tertiary/aromatic N) is 2. The van der Waals surface area contributed by atoms with Crippen LogP contribution in [0.4, 0.5) is 4.79 Å². The van der Waals surface area contributed by atoms with Gasteiger partial charge in [-0.15, -0.1) is 0 Å². The van der Waals surface area contributed by atoms with E-state index in [9.17, 15) is 4.79 Å². The van der Waals surface area contributed by atoms with E-state index in [-0.39, 0.29) is 6.09 Å². The van der Waals surface area contributed by atoms with Crippen molar-refractivity contribution in [2.45, 2.75) is 38.7 Å². The molecule has 0 radical (unpaired) electrons. The summed E-state index contributed by atoms with van der Waals surface area (Å²) in [4.78, 5) is 13.9. The third-order valence-electron chi connectivity index (χ3n) is 3.80. The molecule has 1 saturated heterocycles. The maximum atomic E-state index is 12.1. The van der Waals surface area contributed by atoms with Crippen LogP contribution in [0.2, 0.25) is 0 Å². The van der Waals surface area contributed by atoms with E-state index < -0.39 is 5.60 Å².